The van der Waals surface area contributed by atoms with E-state index in [1.54, 1.807) is 0 Å². The molecule has 0 saturated heterocycles. The third-order valence-corrected chi connectivity index (χ3v) is 4.06. The molecule has 2 rings (SSSR count). The summed E-state index contributed by atoms with van der Waals surface area (Å²) < 4.78 is 0. The van der Waals surface area contributed by atoms with Gasteiger partial charge < -0.3 is 0 Å². The number of rotatable bonds is 1. The number of alkyl halides is 1. The van der Waals surface area contributed by atoms with Gasteiger partial charge in [0.15, 0.2) is 0 Å². The standard InChI is InChI=1S/C13H13Br/c1-13(10-6-5-9-12(13)14)11-7-3-2-4-8-11/h2-10,12H,1H3. The van der Waals surface area contributed by atoms with Gasteiger partial charge in [-0.05, 0) is 5.56 Å². The predicted molar refractivity (Wildman–Crippen MR) is 64.8 cm³/mol. The van der Waals surface area contributed by atoms with Crippen molar-refractivity contribution in [2.24, 2.45) is 0 Å². The van der Waals surface area contributed by atoms with Gasteiger partial charge in [0.05, 0.1) is 0 Å². The van der Waals surface area contributed by atoms with Crippen molar-refractivity contribution in [1.82, 2.24) is 0 Å². The molecule has 0 amide bonds. The highest BCUT2D eigenvalue weighted by atomic mass is 79.9. The second kappa shape index (κ2) is 3.74. The molecule has 0 N–H and O–H groups in total. The zero-order chi connectivity index (χ0) is 10.0. The summed E-state index contributed by atoms with van der Waals surface area (Å²) in [7, 11) is 0. The van der Waals surface area contributed by atoms with Gasteiger partial charge in [0.2, 0.25) is 0 Å². The van der Waals surface area contributed by atoms with Crippen LogP contribution in [-0.4, -0.2) is 4.83 Å². The summed E-state index contributed by atoms with van der Waals surface area (Å²) in [6.45, 7) is 2.25. The van der Waals surface area contributed by atoms with Gasteiger partial charge in [-0.25, -0.2) is 0 Å². The van der Waals surface area contributed by atoms with E-state index in [4.69, 9.17) is 0 Å². The third-order valence-electron chi connectivity index (χ3n) is 2.80. The normalized spacial score (nSPS) is 30.6. The van der Waals surface area contributed by atoms with Gasteiger partial charge in [0.1, 0.15) is 0 Å². The van der Waals surface area contributed by atoms with Crippen molar-refractivity contribution in [3.8, 4) is 0 Å². The second-order valence-electron chi connectivity index (χ2n) is 3.79. The van der Waals surface area contributed by atoms with Crippen LogP contribution in [-0.2, 0) is 5.41 Å². The molecule has 2 unspecified atom stereocenters. The minimum absolute atomic E-state index is 0.0794. The fourth-order valence-electron chi connectivity index (χ4n) is 1.76. The van der Waals surface area contributed by atoms with Crippen molar-refractivity contribution in [1.29, 1.82) is 0 Å². The van der Waals surface area contributed by atoms with E-state index in [0.717, 1.165) is 0 Å². The van der Waals surface area contributed by atoms with E-state index in [-0.39, 0.29) is 5.41 Å². The van der Waals surface area contributed by atoms with Crippen LogP contribution in [0.15, 0.2) is 54.6 Å². The largest absolute Gasteiger partial charge is 0.0832 e. The molecule has 1 aliphatic rings. The van der Waals surface area contributed by atoms with Gasteiger partial charge in [-0.2, -0.15) is 0 Å². The summed E-state index contributed by atoms with van der Waals surface area (Å²) in [6, 6.07) is 10.6. The highest BCUT2D eigenvalue weighted by molar-refractivity contribution is 9.09. The molecule has 0 saturated carbocycles. The smallest absolute Gasteiger partial charge is 0.0457 e. The first kappa shape index (κ1) is 9.72. The molecule has 1 aliphatic carbocycles. The van der Waals surface area contributed by atoms with Crippen LogP contribution in [0, 0.1) is 0 Å². The molecule has 0 aromatic heterocycles. The second-order valence-corrected chi connectivity index (χ2v) is 4.78. The number of allylic oxidation sites excluding steroid dienone is 4. The number of hydrogen-bond acceptors (Lipinski definition) is 0. The van der Waals surface area contributed by atoms with Crippen molar-refractivity contribution in [2.75, 3.05) is 0 Å². The van der Waals surface area contributed by atoms with Crippen LogP contribution < -0.4 is 0 Å². The number of halogens is 1. The summed E-state index contributed by atoms with van der Waals surface area (Å²) in [5.41, 5.74) is 1.43. The molecule has 1 heteroatoms. The van der Waals surface area contributed by atoms with E-state index in [9.17, 15) is 0 Å². The lowest BCUT2D eigenvalue weighted by Gasteiger charge is -2.32. The Morgan fingerprint density at radius 3 is 2.50 bits per heavy atom. The third kappa shape index (κ3) is 1.57. The average Bonchev–Trinajstić information content (AvgIpc) is 2.24. The van der Waals surface area contributed by atoms with E-state index in [1.165, 1.54) is 5.56 Å². The van der Waals surface area contributed by atoms with Gasteiger partial charge in [-0.3, -0.25) is 0 Å². The predicted octanol–water partition coefficient (Wildman–Crippen LogP) is 3.83. The van der Waals surface area contributed by atoms with Gasteiger partial charge >= 0.3 is 0 Å². The maximum atomic E-state index is 3.71. The van der Waals surface area contributed by atoms with Gasteiger partial charge in [0.25, 0.3) is 0 Å². The molecule has 0 bridgehead atoms. The first-order valence-corrected chi connectivity index (χ1v) is 5.71. The van der Waals surface area contributed by atoms with E-state index in [2.05, 4.69) is 77.5 Å². The Kier molecular flexibility index (Phi) is 2.60. The minimum Gasteiger partial charge on any atom is -0.0832 e. The summed E-state index contributed by atoms with van der Waals surface area (Å²) in [6.07, 6.45) is 8.64. The van der Waals surface area contributed by atoms with Crippen molar-refractivity contribution in [3.05, 3.63) is 60.2 Å². The van der Waals surface area contributed by atoms with Crippen LogP contribution in [0.5, 0.6) is 0 Å². The Hall–Kier alpha value is -0.820. The highest BCUT2D eigenvalue weighted by Gasteiger charge is 2.31. The molecule has 0 spiro atoms. The molecule has 0 heterocycles. The SMILES string of the molecule is CC1(c2ccccc2)C=CC=CC1Br. The molecule has 2 atom stereocenters. The maximum Gasteiger partial charge on any atom is 0.0457 e. The Labute approximate surface area is 93.5 Å². The first-order chi connectivity index (χ1) is 6.73. The molecule has 72 valence electrons. The fourth-order valence-corrected chi connectivity index (χ4v) is 2.35. The average molecular weight is 249 g/mol. The van der Waals surface area contributed by atoms with E-state index in [1.807, 2.05) is 0 Å². The van der Waals surface area contributed by atoms with Gasteiger partial charge in [-0.15, -0.1) is 0 Å². The van der Waals surface area contributed by atoms with E-state index >= 15 is 0 Å². The molecule has 0 radical (unpaired) electrons. The topological polar surface area (TPSA) is 0 Å². The van der Waals surface area contributed by atoms with E-state index < -0.39 is 0 Å². The summed E-state index contributed by atoms with van der Waals surface area (Å²) in [4.78, 5) is 0.377. The van der Waals surface area contributed by atoms with Crippen molar-refractivity contribution < 1.29 is 0 Å². The van der Waals surface area contributed by atoms with Crippen molar-refractivity contribution in [3.63, 3.8) is 0 Å². The van der Waals surface area contributed by atoms with Crippen LogP contribution in [0.4, 0.5) is 0 Å². The van der Waals surface area contributed by atoms with Crippen molar-refractivity contribution in [2.45, 2.75) is 17.2 Å². The van der Waals surface area contributed by atoms with E-state index in [0.29, 0.717) is 4.83 Å². The van der Waals surface area contributed by atoms with Crippen molar-refractivity contribution >= 4 is 15.9 Å². The quantitative estimate of drug-likeness (QED) is 0.663. The lowest BCUT2D eigenvalue weighted by atomic mass is 9.77. The fraction of sp³-hybridized carbons (Fsp3) is 0.231. The molecular formula is C13H13Br. The zero-order valence-electron chi connectivity index (χ0n) is 8.15. The summed E-state index contributed by atoms with van der Waals surface area (Å²) in [5, 5.41) is 0. The number of hydrogen-bond donors (Lipinski definition) is 0. The van der Waals surface area contributed by atoms with Crippen LogP contribution in [0.2, 0.25) is 0 Å². The lowest BCUT2D eigenvalue weighted by Crippen LogP contribution is -2.30. The Morgan fingerprint density at radius 2 is 1.86 bits per heavy atom. The minimum atomic E-state index is 0.0794. The van der Waals surface area contributed by atoms with Crippen LogP contribution in [0.3, 0.4) is 0 Å². The molecule has 1 aromatic carbocycles. The molecule has 0 aliphatic heterocycles. The highest BCUT2D eigenvalue weighted by Crippen LogP contribution is 2.36. The Balaban J connectivity index is 2.42. The van der Waals surface area contributed by atoms with Crippen LogP contribution in [0.1, 0.15) is 12.5 Å². The Bertz CT molecular complexity index is 364. The van der Waals surface area contributed by atoms with Gasteiger partial charge in [0, 0.05) is 10.2 Å². The zero-order valence-corrected chi connectivity index (χ0v) is 9.74. The number of benzene rings is 1. The monoisotopic (exact) mass is 248 g/mol. The maximum absolute atomic E-state index is 3.71. The first-order valence-electron chi connectivity index (χ1n) is 4.79. The molecule has 0 fully saturated rings. The summed E-state index contributed by atoms with van der Waals surface area (Å²) >= 11 is 3.71. The molecular weight excluding hydrogens is 236 g/mol. The van der Waals surface area contributed by atoms with Gasteiger partial charge in [-0.1, -0.05) is 77.5 Å². The van der Waals surface area contributed by atoms with Crippen LogP contribution >= 0.6 is 15.9 Å². The molecule has 1 aromatic rings. The Morgan fingerprint density at radius 1 is 1.14 bits per heavy atom. The summed E-state index contributed by atoms with van der Waals surface area (Å²) in [5.74, 6) is 0. The van der Waals surface area contributed by atoms with Crippen LogP contribution in [0.25, 0.3) is 0 Å². The molecule has 14 heavy (non-hydrogen) atoms. The molecule has 0 nitrogen and oxygen atoms in total. The lowest BCUT2D eigenvalue weighted by molar-refractivity contribution is 0.620.